The van der Waals surface area contributed by atoms with E-state index in [0.717, 1.165) is 18.7 Å². The predicted molar refractivity (Wildman–Crippen MR) is 83.9 cm³/mol. The van der Waals surface area contributed by atoms with E-state index in [1.807, 2.05) is 4.57 Å². The topological polar surface area (TPSA) is 43.8 Å². The van der Waals surface area contributed by atoms with Crippen molar-refractivity contribution < 1.29 is 4.39 Å². The molecule has 0 fully saturated rings. The number of aryl methyl sites for hydroxylation is 1. The molecule has 0 atom stereocenters. The van der Waals surface area contributed by atoms with Gasteiger partial charge in [0.2, 0.25) is 0 Å². The van der Waals surface area contributed by atoms with Gasteiger partial charge >= 0.3 is 0 Å². The van der Waals surface area contributed by atoms with Crippen molar-refractivity contribution in [2.24, 2.45) is 0 Å². The van der Waals surface area contributed by atoms with Crippen molar-refractivity contribution >= 4 is 21.7 Å². The molecule has 2 aromatic rings. The molecule has 20 heavy (non-hydrogen) atoms. The highest BCUT2D eigenvalue weighted by molar-refractivity contribution is 9.10. The summed E-state index contributed by atoms with van der Waals surface area (Å²) in [4.78, 5) is 4.57. The lowest BCUT2D eigenvalue weighted by molar-refractivity contribution is 0.621. The Labute approximate surface area is 126 Å². The smallest absolute Gasteiger partial charge is 0.138 e. The number of halogens is 2. The number of benzene rings is 1. The third-order valence-corrected chi connectivity index (χ3v) is 3.71. The van der Waals surface area contributed by atoms with Crippen LogP contribution in [0, 0.1) is 5.82 Å². The number of nitrogens with zero attached hydrogens (tertiary/aromatic N) is 2. The first-order valence-corrected chi connectivity index (χ1v) is 7.29. The highest BCUT2D eigenvalue weighted by atomic mass is 79.9. The average molecular weight is 338 g/mol. The Morgan fingerprint density at radius 2 is 2.25 bits per heavy atom. The van der Waals surface area contributed by atoms with E-state index in [-0.39, 0.29) is 5.82 Å². The number of anilines is 1. The summed E-state index contributed by atoms with van der Waals surface area (Å²) in [6.07, 6.45) is 3.59. The van der Waals surface area contributed by atoms with Crippen LogP contribution in [0.25, 0.3) is 11.3 Å². The lowest BCUT2D eigenvalue weighted by Crippen LogP contribution is -2.05. The fourth-order valence-electron chi connectivity index (χ4n) is 2.12. The van der Waals surface area contributed by atoms with E-state index in [4.69, 9.17) is 5.73 Å². The van der Waals surface area contributed by atoms with E-state index in [2.05, 4.69) is 34.4 Å². The largest absolute Gasteiger partial charge is 0.383 e. The summed E-state index contributed by atoms with van der Waals surface area (Å²) >= 11 is 3.14. The van der Waals surface area contributed by atoms with Crippen molar-refractivity contribution in [3.8, 4) is 11.3 Å². The molecule has 0 amide bonds. The molecule has 0 spiro atoms. The highest BCUT2D eigenvalue weighted by Gasteiger charge is 2.15. The van der Waals surface area contributed by atoms with E-state index >= 15 is 0 Å². The molecule has 0 aliphatic carbocycles. The van der Waals surface area contributed by atoms with Gasteiger partial charge in [0.1, 0.15) is 23.2 Å². The Bertz CT molecular complexity index is 634. The molecule has 0 radical (unpaired) electrons. The third-order valence-electron chi connectivity index (χ3n) is 3.06. The number of hydrogen-bond donors (Lipinski definition) is 1. The molecule has 2 rings (SSSR count). The summed E-state index contributed by atoms with van der Waals surface area (Å²) in [6, 6.07) is 4.91. The maximum atomic E-state index is 13.7. The zero-order chi connectivity index (χ0) is 14.7. The molecule has 5 heteroatoms. The number of nitrogen functional groups attached to an aromatic ring is 1. The molecule has 1 heterocycles. The van der Waals surface area contributed by atoms with Gasteiger partial charge in [-0.3, -0.25) is 0 Å². The molecular weight excluding hydrogens is 321 g/mol. The van der Waals surface area contributed by atoms with Gasteiger partial charge in [-0.15, -0.1) is 6.58 Å². The average Bonchev–Trinajstić information content (AvgIpc) is 2.72. The van der Waals surface area contributed by atoms with Gasteiger partial charge in [-0.1, -0.05) is 19.1 Å². The fraction of sp³-hybridized carbons (Fsp3) is 0.267. The molecule has 2 N–H and O–H groups in total. The highest BCUT2D eigenvalue weighted by Crippen LogP contribution is 2.29. The van der Waals surface area contributed by atoms with Crippen LogP contribution in [0.3, 0.4) is 0 Å². The maximum Gasteiger partial charge on any atom is 0.138 e. The van der Waals surface area contributed by atoms with Crippen LogP contribution in [0.2, 0.25) is 0 Å². The number of imidazole rings is 1. The second-order valence-electron chi connectivity index (χ2n) is 4.54. The first-order chi connectivity index (χ1) is 9.58. The standard InChI is InChI=1S/C15H17BrFN3/c1-3-5-13-19-14(15(18)20(13)8-4-2)10-6-7-11(16)12(17)9-10/h4,6-7,9H,2-3,5,8,18H2,1H3. The summed E-state index contributed by atoms with van der Waals surface area (Å²) in [5.74, 6) is 1.13. The molecule has 106 valence electrons. The van der Waals surface area contributed by atoms with Crippen LogP contribution in [0.4, 0.5) is 10.2 Å². The number of rotatable bonds is 5. The lowest BCUT2D eigenvalue weighted by atomic mass is 10.1. The number of allylic oxidation sites excluding steroid dienone is 1. The quantitative estimate of drug-likeness (QED) is 0.832. The summed E-state index contributed by atoms with van der Waals surface area (Å²) in [7, 11) is 0. The van der Waals surface area contributed by atoms with Crippen LogP contribution in [0.1, 0.15) is 19.2 Å². The van der Waals surface area contributed by atoms with Gasteiger partial charge in [-0.25, -0.2) is 9.37 Å². The molecule has 1 aromatic carbocycles. The van der Waals surface area contributed by atoms with Crippen LogP contribution in [0.5, 0.6) is 0 Å². The SMILES string of the molecule is C=CCn1c(CCC)nc(-c2ccc(Br)c(F)c2)c1N. The van der Waals surface area contributed by atoms with Gasteiger partial charge in [0.15, 0.2) is 0 Å². The van der Waals surface area contributed by atoms with E-state index in [1.54, 1.807) is 18.2 Å². The van der Waals surface area contributed by atoms with Crippen LogP contribution < -0.4 is 5.73 Å². The van der Waals surface area contributed by atoms with Gasteiger partial charge in [0.05, 0.1) is 4.47 Å². The second-order valence-corrected chi connectivity index (χ2v) is 5.39. The molecular formula is C15H17BrFN3. The van der Waals surface area contributed by atoms with Crippen molar-refractivity contribution in [2.75, 3.05) is 5.73 Å². The lowest BCUT2D eigenvalue weighted by Gasteiger charge is -2.06. The van der Waals surface area contributed by atoms with Crippen molar-refractivity contribution in [3.05, 3.63) is 47.0 Å². The zero-order valence-electron chi connectivity index (χ0n) is 11.4. The summed E-state index contributed by atoms with van der Waals surface area (Å²) < 4.78 is 16.0. The molecule has 0 bridgehead atoms. The van der Waals surface area contributed by atoms with Crippen molar-refractivity contribution in [3.63, 3.8) is 0 Å². The minimum absolute atomic E-state index is 0.322. The molecule has 1 aromatic heterocycles. The van der Waals surface area contributed by atoms with Crippen molar-refractivity contribution in [1.82, 2.24) is 9.55 Å². The van der Waals surface area contributed by atoms with Gasteiger partial charge in [0.25, 0.3) is 0 Å². The number of hydrogen-bond acceptors (Lipinski definition) is 2. The minimum atomic E-state index is -0.322. The molecule has 0 saturated heterocycles. The minimum Gasteiger partial charge on any atom is -0.383 e. The van der Waals surface area contributed by atoms with Gasteiger partial charge in [0, 0.05) is 18.5 Å². The van der Waals surface area contributed by atoms with Crippen molar-refractivity contribution in [1.29, 1.82) is 0 Å². The summed E-state index contributed by atoms with van der Waals surface area (Å²) in [5, 5.41) is 0. The Balaban J connectivity index is 2.53. The predicted octanol–water partition coefficient (Wildman–Crippen LogP) is 4.17. The zero-order valence-corrected chi connectivity index (χ0v) is 13.0. The monoisotopic (exact) mass is 337 g/mol. The maximum absolute atomic E-state index is 13.7. The second kappa shape index (κ2) is 6.22. The van der Waals surface area contributed by atoms with E-state index in [0.29, 0.717) is 28.1 Å². The van der Waals surface area contributed by atoms with E-state index in [1.165, 1.54) is 6.07 Å². The Morgan fingerprint density at radius 3 is 2.85 bits per heavy atom. The van der Waals surface area contributed by atoms with E-state index < -0.39 is 0 Å². The molecule has 0 unspecified atom stereocenters. The van der Waals surface area contributed by atoms with Crippen LogP contribution in [-0.4, -0.2) is 9.55 Å². The van der Waals surface area contributed by atoms with E-state index in [9.17, 15) is 4.39 Å². The van der Waals surface area contributed by atoms with Crippen LogP contribution >= 0.6 is 15.9 Å². The van der Waals surface area contributed by atoms with Crippen LogP contribution in [0.15, 0.2) is 35.3 Å². The fourth-order valence-corrected chi connectivity index (χ4v) is 2.36. The number of nitrogens with two attached hydrogens (primary N) is 1. The molecule has 0 aliphatic rings. The molecule has 0 aliphatic heterocycles. The third kappa shape index (κ3) is 2.77. The van der Waals surface area contributed by atoms with Crippen LogP contribution in [-0.2, 0) is 13.0 Å². The first-order valence-electron chi connectivity index (χ1n) is 6.49. The summed E-state index contributed by atoms with van der Waals surface area (Å²) in [6.45, 7) is 6.43. The Morgan fingerprint density at radius 1 is 1.50 bits per heavy atom. The van der Waals surface area contributed by atoms with Gasteiger partial charge in [-0.05, 0) is 34.5 Å². The Hall–Kier alpha value is -1.62. The molecule has 3 nitrogen and oxygen atoms in total. The van der Waals surface area contributed by atoms with Gasteiger partial charge < -0.3 is 10.3 Å². The van der Waals surface area contributed by atoms with Gasteiger partial charge in [-0.2, -0.15) is 0 Å². The number of aromatic nitrogens is 2. The molecule has 0 saturated carbocycles. The van der Waals surface area contributed by atoms with Crippen molar-refractivity contribution in [2.45, 2.75) is 26.3 Å². The normalized spacial score (nSPS) is 10.8. The summed E-state index contributed by atoms with van der Waals surface area (Å²) in [5.41, 5.74) is 7.47. The Kier molecular flexibility index (Phi) is 4.60. The first kappa shape index (κ1) is 14.8.